The molecule has 0 amide bonds. The number of anilines is 1. The predicted molar refractivity (Wildman–Crippen MR) is 76.5 cm³/mol. The second kappa shape index (κ2) is 4.90. The van der Waals surface area contributed by atoms with E-state index in [0.29, 0.717) is 16.8 Å². The maximum atomic E-state index is 6.12. The van der Waals surface area contributed by atoms with Crippen molar-refractivity contribution in [2.75, 3.05) is 5.73 Å². The van der Waals surface area contributed by atoms with Gasteiger partial charge in [-0.2, -0.15) is 20.1 Å². The Labute approximate surface area is 120 Å². The van der Waals surface area contributed by atoms with E-state index in [1.165, 1.54) is 4.68 Å². The first-order chi connectivity index (χ1) is 9.63. The van der Waals surface area contributed by atoms with E-state index in [1.807, 2.05) is 19.1 Å². The first kappa shape index (κ1) is 12.6. The van der Waals surface area contributed by atoms with Crippen LogP contribution in [0.4, 0.5) is 5.95 Å². The lowest BCUT2D eigenvalue weighted by Crippen LogP contribution is -2.08. The lowest BCUT2D eigenvalue weighted by atomic mass is 10.1. The van der Waals surface area contributed by atoms with Gasteiger partial charge in [0.2, 0.25) is 5.95 Å². The van der Waals surface area contributed by atoms with E-state index >= 15 is 0 Å². The van der Waals surface area contributed by atoms with Gasteiger partial charge in [-0.05, 0) is 24.6 Å². The van der Waals surface area contributed by atoms with Crippen molar-refractivity contribution < 1.29 is 0 Å². The van der Waals surface area contributed by atoms with E-state index in [-0.39, 0.29) is 5.95 Å². The Hall–Kier alpha value is -2.47. The number of nitrogens with zero attached hydrogens (tertiary/aromatic N) is 5. The zero-order valence-corrected chi connectivity index (χ0v) is 11.4. The van der Waals surface area contributed by atoms with Crippen molar-refractivity contribution in [2.24, 2.45) is 0 Å². The molecule has 0 saturated carbocycles. The molecule has 100 valence electrons. The summed E-state index contributed by atoms with van der Waals surface area (Å²) < 4.78 is 1.53. The Morgan fingerprint density at radius 1 is 1.20 bits per heavy atom. The first-order valence-electron chi connectivity index (χ1n) is 5.91. The molecule has 1 aromatic carbocycles. The molecule has 0 radical (unpaired) electrons. The molecule has 0 aliphatic heterocycles. The van der Waals surface area contributed by atoms with Gasteiger partial charge in [-0.3, -0.25) is 0 Å². The topological polar surface area (TPSA) is 82.5 Å². The average molecular weight is 287 g/mol. The third kappa shape index (κ3) is 2.33. The number of aryl methyl sites for hydroxylation is 1. The van der Waals surface area contributed by atoms with Gasteiger partial charge in [0.05, 0.1) is 0 Å². The Balaban J connectivity index is 2.12. The predicted octanol–water partition coefficient (Wildman–Crippen LogP) is 2.27. The monoisotopic (exact) mass is 286 g/mol. The molecule has 3 rings (SSSR count). The third-order valence-corrected chi connectivity index (χ3v) is 3.19. The second-order valence-electron chi connectivity index (χ2n) is 4.23. The van der Waals surface area contributed by atoms with E-state index in [1.54, 1.807) is 24.5 Å². The number of hydrogen-bond acceptors (Lipinski definition) is 5. The summed E-state index contributed by atoms with van der Waals surface area (Å²) in [6, 6.07) is 7.38. The van der Waals surface area contributed by atoms with Crippen LogP contribution in [0, 0.1) is 6.92 Å². The van der Waals surface area contributed by atoms with E-state index in [4.69, 9.17) is 17.3 Å². The van der Waals surface area contributed by atoms with Crippen LogP contribution in [0.25, 0.3) is 17.3 Å². The van der Waals surface area contributed by atoms with Gasteiger partial charge in [0.15, 0.2) is 5.82 Å². The summed E-state index contributed by atoms with van der Waals surface area (Å²) in [5.74, 6) is 0.969. The van der Waals surface area contributed by atoms with E-state index in [9.17, 15) is 0 Å². The molecular weight excluding hydrogens is 276 g/mol. The molecule has 0 bridgehead atoms. The maximum Gasteiger partial charge on any atom is 0.255 e. The van der Waals surface area contributed by atoms with Crippen LogP contribution >= 0.6 is 11.6 Å². The summed E-state index contributed by atoms with van der Waals surface area (Å²) in [6.45, 7) is 1.93. The fourth-order valence-corrected chi connectivity index (χ4v) is 1.91. The molecule has 0 aliphatic carbocycles. The van der Waals surface area contributed by atoms with Crippen LogP contribution in [-0.4, -0.2) is 24.7 Å². The van der Waals surface area contributed by atoms with Crippen molar-refractivity contribution >= 4 is 17.5 Å². The fourth-order valence-electron chi connectivity index (χ4n) is 1.73. The summed E-state index contributed by atoms with van der Waals surface area (Å²) in [5.41, 5.74) is 7.51. The number of benzene rings is 1. The van der Waals surface area contributed by atoms with Crippen LogP contribution in [0.5, 0.6) is 0 Å². The molecule has 0 spiro atoms. The van der Waals surface area contributed by atoms with Gasteiger partial charge < -0.3 is 5.73 Å². The minimum Gasteiger partial charge on any atom is -0.368 e. The Kier molecular flexibility index (Phi) is 3.08. The molecule has 0 aliphatic rings. The minimum absolute atomic E-state index is 0.136. The number of halogens is 1. The van der Waals surface area contributed by atoms with Crippen molar-refractivity contribution in [3.8, 4) is 17.3 Å². The van der Waals surface area contributed by atoms with E-state index in [2.05, 4.69) is 20.1 Å². The van der Waals surface area contributed by atoms with Gasteiger partial charge in [-0.25, -0.2) is 4.68 Å². The van der Waals surface area contributed by atoms with Gasteiger partial charge in [0.1, 0.15) is 0 Å². The highest BCUT2D eigenvalue weighted by Gasteiger charge is 2.09. The van der Waals surface area contributed by atoms with Gasteiger partial charge in [0.25, 0.3) is 5.95 Å². The minimum atomic E-state index is 0.136. The molecule has 20 heavy (non-hydrogen) atoms. The van der Waals surface area contributed by atoms with Crippen LogP contribution in [0.3, 0.4) is 0 Å². The number of aromatic nitrogens is 5. The summed E-state index contributed by atoms with van der Waals surface area (Å²) in [5, 5.41) is 4.73. The smallest absolute Gasteiger partial charge is 0.255 e. The highest BCUT2D eigenvalue weighted by atomic mass is 35.5. The number of nitrogen functional groups attached to an aromatic ring is 1. The Morgan fingerprint density at radius 2 is 2.05 bits per heavy atom. The molecule has 0 fully saturated rings. The van der Waals surface area contributed by atoms with Crippen LogP contribution < -0.4 is 5.73 Å². The number of hydrogen-bond donors (Lipinski definition) is 1. The van der Waals surface area contributed by atoms with Crippen LogP contribution in [0.15, 0.2) is 36.7 Å². The van der Waals surface area contributed by atoms with Gasteiger partial charge in [0, 0.05) is 23.0 Å². The van der Waals surface area contributed by atoms with Crippen molar-refractivity contribution in [1.82, 2.24) is 24.7 Å². The highest BCUT2D eigenvalue weighted by Crippen LogP contribution is 2.23. The van der Waals surface area contributed by atoms with Gasteiger partial charge in [-0.1, -0.05) is 23.7 Å². The van der Waals surface area contributed by atoms with Crippen molar-refractivity contribution in [3.05, 3.63) is 47.2 Å². The number of rotatable bonds is 2. The molecule has 2 N–H and O–H groups in total. The van der Waals surface area contributed by atoms with Gasteiger partial charge in [-0.15, -0.1) is 0 Å². The van der Waals surface area contributed by atoms with Crippen molar-refractivity contribution in [1.29, 1.82) is 0 Å². The summed E-state index contributed by atoms with van der Waals surface area (Å²) in [6.07, 6.45) is 3.38. The maximum absolute atomic E-state index is 6.12. The van der Waals surface area contributed by atoms with E-state index in [0.717, 1.165) is 11.1 Å². The largest absolute Gasteiger partial charge is 0.368 e. The van der Waals surface area contributed by atoms with Gasteiger partial charge >= 0.3 is 0 Å². The SMILES string of the molecule is Cc1ccc(-c2nc(N)nc(-n3cccn3)n2)cc1Cl. The molecule has 3 aromatic rings. The van der Waals surface area contributed by atoms with Crippen molar-refractivity contribution in [3.63, 3.8) is 0 Å². The lowest BCUT2D eigenvalue weighted by Gasteiger charge is -2.06. The third-order valence-electron chi connectivity index (χ3n) is 2.78. The molecule has 0 unspecified atom stereocenters. The molecular formula is C13H11ClN6. The van der Waals surface area contributed by atoms with Crippen LogP contribution in [-0.2, 0) is 0 Å². The molecule has 7 heteroatoms. The molecule has 6 nitrogen and oxygen atoms in total. The van der Waals surface area contributed by atoms with E-state index < -0.39 is 0 Å². The van der Waals surface area contributed by atoms with Crippen molar-refractivity contribution in [2.45, 2.75) is 6.92 Å². The Morgan fingerprint density at radius 3 is 2.75 bits per heavy atom. The van der Waals surface area contributed by atoms with Crippen LogP contribution in [0.1, 0.15) is 5.56 Å². The first-order valence-corrected chi connectivity index (χ1v) is 6.29. The molecule has 2 heterocycles. The second-order valence-corrected chi connectivity index (χ2v) is 4.64. The Bertz CT molecular complexity index is 754. The summed E-state index contributed by atoms with van der Waals surface area (Å²) in [4.78, 5) is 12.6. The normalized spacial score (nSPS) is 10.7. The zero-order valence-electron chi connectivity index (χ0n) is 10.7. The lowest BCUT2D eigenvalue weighted by molar-refractivity contribution is 0.801. The quantitative estimate of drug-likeness (QED) is 0.781. The average Bonchev–Trinajstić information content (AvgIpc) is 2.95. The number of nitrogens with two attached hydrogens (primary N) is 1. The standard InChI is InChI=1S/C13H11ClN6/c1-8-3-4-9(7-10(8)14)11-17-12(15)19-13(18-11)20-6-2-5-16-20/h2-7H,1H3,(H2,15,17,18,19). The molecule has 0 atom stereocenters. The fraction of sp³-hybridized carbons (Fsp3) is 0.0769. The summed E-state index contributed by atoms with van der Waals surface area (Å²) in [7, 11) is 0. The van der Waals surface area contributed by atoms with Crippen LogP contribution in [0.2, 0.25) is 5.02 Å². The highest BCUT2D eigenvalue weighted by molar-refractivity contribution is 6.31. The zero-order chi connectivity index (χ0) is 14.1. The molecule has 2 aromatic heterocycles. The summed E-state index contributed by atoms with van der Waals surface area (Å²) >= 11 is 6.12. The molecule has 0 saturated heterocycles.